The van der Waals surface area contributed by atoms with E-state index in [1.165, 1.54) is 6.42 Å². The summed E-state index contributed by atoms with van der Waals surface area (Å²) in [6, 6.07) is 0.374. The normalized spacial score (nSPS) is 21.9. The molecule has 2 heterocycles. The first-order valence-electron chi connectivity index (χ1n) is 6.38. The molecule has 5 nitrogen and oxygen atoms in total. The minimum atomic E-state index is 0.374. The van der Waals surface area contributed by atoms with Gasteiger partial charge in [-0.3, -0.25) is 0 Å². The third-order valence-electron chi connectivity index (χ3n) is 3.20. The van der Waals surface area contributed by atoms with Crippen LogP contribution in [0.1, 0.15) is 37.9 Å². The second-order valence-electron chi connectivity index (χ2n) is 4.67. The van der Waals surface area contributed by atoms with Crippen LogP contribution in [0.4, 0.5) is 0 Å². The summed E-state index contributed by atoms with van der Waals surface area (Å²) in [5.41, 5.74) is 0. The number of nitrogens with one attached hydrogen (secondary N) is 1. The van der Waals surface area contributed by atoms with Gasteiger partial charge in [0.1, 0.15) is 0 Å². The van der Waals surface area contributed by atoms with Gasteiger partial charge in [-0.25, -0.2) is 0 Å². The Morgan fingerprint density at radius 3 is 3.12 bits per heavy atom. The Labute approximate surface area is 102 Å². The van der Waals surface area contributed by atoms with Gasteiger partial charge in [0.2, 0.25) is 5.89 Å². The molecule has 1 aliphatic rings. The molecule has 1 aliphatic heterocycles. The first kappa shape index (κ1) is 12.5. The van der Waals surface area contributed by atoms with E-state index in [0.717, 1.165) is 44.0 Å². The predicted octanol–water partition coefficient (Wildman–Crippen LogP) is 1.33. The summed E-state index contributed by atoms with van der Waals surface area (Å²) in [5.74, 6) is 1.52. The van der Waals surface area contributed by atoms with Crippen LogP contribution in [0, 0.1) is 0 Å². The molecule has 17 heavy (non-hydrogen) atoms. The minimum Gasteiger partial charge on any atom is -0.378 e. The van der Waals surface area contributed by atoms with E-state index in [0.29, 0.717) is 12.1 Å². The molecule has 0 saturated carbocycles. The van der Waals surface area contributed by atoms with Gasteiger partial charge >= 0.3 is 0 Å². The van der Waals surface area contributed by atoms with E-state index in [1.54, 1.807) is 0 Å². The summed E-state index contributed by atoms with van der Waals surface area (Å²) >= 11 is 0. The fraction of sp³-hybridized carbons (Fsp3) is 0.833. The number of ether oxygens (including phenoxy) is 1. The highest BCUT2D eigenvalue weighted by Crippen LogP contribution is 2.17. The smallest absolute Gasteiger partial charge is 0.226 e. The Morgan fingerprint density at radius 1 is 1.53 bits per heavy atom. The van der Waals surface area contributed by atoms with Gasteiger partial charge in [0, 0.05) is 25.5 Å². The zero-order valence-corrected chi connectivity index (χ0v) is 10.6. The molecule has 1 aromatic rings. The molecule has 0 aromatic carbocycles. The second kappa shape index (κ2) is 6.12. The lowest BCUT2D eigenvalue weighted by atomic mass is 10.1. The molecule has 2 unspecified atom stereocenters. The van der Waals surface area contributed by atoms with Gasteiger partial charge in [-0.2, -0.15) is 4.98 Å². The average Bonchev–Trinajstić information content (AvgIpc) is 2.97. The number of likely N-dealkylation sites (N-methyl/N-ethyl adjacent to an activating group) is 1. The molecule has 0 bridgehead atoms. The Hall–Kier alpha value is -0.940. The summed E-state index contributed by atoms with van der Waals surface area (Å²) in [6.07, 6.45) is 5.35. The molecular weight excluding hydrogens is 218 g/mol. The van der Waals surface area contributed by atoms with Crippen LogP contribution in [0.5, 0.6) is 0 Å². The van der Waals surface area contributed by atoms with Crippen LogP contribution in [0.2, 0.25) is 0 Å². The predicted molar refractivity (Wildman–Crippen MR) is 63.8 cm³/mol. The van der Waals surface area contributed by atoms with Crippen molar-refractivity contribution in [1.82, 2.24) is 15.5 Å². The van der Waals surface area contributed by atoms with Crippen molar-refractivity contribution in [2.75, 3.05) is 13.7 Å². The molecule has 0 radical (unpaired) electrons. The minimum absolute atomic E-state index is 0.374. The molecule has 0 aliphatic carbocycles. The van der Waals surface area contributed by atoms with Gasteiger partial charge in [0.25, 0.3) is 0 Å². The van der Waals surface area contributed by atoms with Crippen molar-refractivity contribution in [1.29, 1.82) is 0 Å². The molecule has 0 spiro atoms. The van der Waals surface area contributed by atoms with Gasteiger partial charge in [-0.1, -0.05) is 5.16 Å². The molecule has 1 aromatic heterocycles. The zero-order valence-electron chi connectivity index (χ0n) is 10.6. The first-order chi connectivity index (χ1) is 8.28. The van der Waals surface area contributed by atoms with Crippen LogP contribution in [0.15, 0.2) is 4.52 Å². The average molecular weight is 239 g/mol. The van der Waals surface area contributed by atoms with Gasteiger partial charge in [0.15, 0.2) is 5.82 Å². The highest BCUT2D eigenvalue weighted by atomic mass is 16.5. The maximum Gasteiger partial charge on any atom is 0.226 e. The monoisotopic (exact) mass is 239 g/mol. The van der Waals surface area contributed by atoms with Crippen molar-refractivity contribution in [2.45, 2.75) is 51.2 Å². The quantitative estimate of drug-likeness (QED) is 0.811. The van der Waals surface area contributed by atoms with Gasteiger partial charge < -0.3 is 14.6 Å². The van der Waals surface area contributed by atoms with E-state index in [1.807, 2.05) is 7.05 Å². The molecular formula is C12H21N3O2. The number of hydrogen-bond donors (Lipinski definition) is 1. The molecule has 1 N–H and O–H groups in total. The summed E-state index contributed by atoms with van der Waals surface area (Å²) in [5, 5.41) is 7.14. The maximum atomic E-state index is 5.56. The fourth-order valence-electron chi connectivity index (χ4n) is 2.01. The SMILES string of the molecule is CNC(C)Cc1noc(CCC2CCCO2)n1. The Bertz CT molecular complexity index is 334. The highest BCUT2D eigenvalue weighted by molar-refractivity contribution is 4.90. The number of hydrogen-bond acceptors (Lipinski definition) is 5. The Morgan fingerprint density at radius 2 is 2.41 bits per heavy atom. The van der Waals surface area contributed by atoms with Crippen LogP contribution in [-0.4, -0.2) is 35.9 Å². The largest absolute Gasteiger partial charge is 0.378 e. The summed E-state index contributed by atoms with van der Waals surface area (Å²) in [6.45, 7) is 3.00. The number of aromatic nitrogens is 2. The number of nitrogens with zero attached hydrogens (tertiary/aromatic N) is 2. The summed E-state index contributed by atoms with van der Waals surface area (Å²) < 4.78 is 10.8. The molecule has 0 amide bonds. The van der Waals surface area contributed by atoms with E-state index in [9.17, 15) is 0 Å². The number of rotatable bonds is 6. The van der Waals surface area contributed by atoms with Crippen LogP contribution >= 0.6 is 0 Å². The third kappa shape index (κ3) is 3.78. The molecule has 1 fully saturated rings. The van der Waals surface area contributed by atoms with Crippen molar-refractivity contribution in [2.24, 2.45) is 0 Å². The van der Waals surface area contributed by atoms with E-state index in [2.05, 4.69) is 22.4 Å². The van der Waals surface area contributed by atoms with Gasteiger partial charge in [0.05, 0.1) is 6.10 Å². The molecule has 1 saturated heterocycles. The number of aryl methyl sites for hydroxylation is 1. The van der Waals surface area contributed by atoms with Crippen LogP contribution < -0.4 is 5.32 Å². The van der Waals surface area contributed by atoms with Gasteiger partial charge in [-0.05, 0) is 33.2 Å². The molecule has 2 atom stereocenters. The fourth-order valence-corrected chi connectivity index (χ4v) is 2.01. The van der Waals surface area contributed by atoms with Gasteiger partial charge in [-0.15, -0.1) is 0 Å². The van der Waals surface area contributed by atoms with Crippen LogP contribution in [-0.2, 0) is 17.6 Å². The zero-order chi connectivity index (χ0) is 12.1. The van der Waals surface area contributed by atoms with Crippen LogP contribution in [0.3, 0.4) is 0 Å². The highest BCUT2D eigenvalue weighted by Gasteiger charge is 2.17. The standard InChI is InChI=1S/C12H21N3O2/c1-9(13-2)8-11-14-12(17-15-11)6-5-10-4-3-7-16-10/h9-10,13H,3-8H2,1-2H3. The van der Waals surface area contributed by atoms with E-state index in [4.69, 9.17) is 9.26 Å². The summed E-state index contributed by atoms with van der Waals surface area (Å²) in [7, 11) is 1.93. The topological polar surface area (TPSA) is 60.2 Å². The van der Waals surface area contributed by atoms with E-state index < -0.39 is 0 Å². The third-order valence-corrected chi connectivity index (χ3v) is 3.20. The van der Waals surface area contributed by atoms with Crippen molar-refractivity contribution >= 4 is 0 Å². The van der Waals surface area contributed by atoms with Crippen molar-refractivity contribution in [3.05, 3.63) is 11.7 Å². The second-order valence-corrected chi connectivity index (χ2v) is 4.67. The maximum absolute atomic E-state index is 5.56. The van der Waals surface area contributed by atoms with E-state index >= 15 is 0 Å². The van der Waals surface area contributed by atoms with Crippen molar-refractivity contribution in [3.8, 4) is 0 Å². The Balaban J connectivity index is 1.77. The lowest BCUT2D eigenvalue weighted by molar-refractivity contribution is 0.102. The lowest BCUT2D eigenvalue weighted by Crippen LogP contribution is -2.24. The Kier molecular flexibility index (Phi) is 4.50. The summed E-state index contributed by atoms with van der Waals surface area (Å²) in [4.78, 5) is 4.39. The molecule has 2 rings (SSSR count). The molecule has 5 heteroatoms. The van der Waals surface area contributed by atoms with Crippen molar-refractivity contribution < 1.29 is 9.26 Å². The van der Waals surface area contributed by atoms with E-state index in [-0.39, 0.29) is 0 Å². The van der Waals surface area contributed by atoms with Crippen molar-refractivity contribution in [3.63, 3.8) is 0 Å². The molecule has 96 valence electrons. The lowest BCUT2D eigenvalue weighted by Gasteiger charge is -2.06. The van der Waals surface area contributed by atoms with Crippen LogP contribution in [0.25, 0.3) is 0 Å². The first-order valence-corrected chi connectivity index (χ1v) is 6.38.